The molecule has 0 bridgehead atoms. The molecule has 218 valence electrons. The molecular formula is C28H40N6O5S. The van der Waals surface area contributed by atoms with Gasteiger partial charge < -0.3 is 24.4 Å². The minimum Gasteiger partial charge on any atom is -0.497 e. The van der Waals surface area contributed by atoms with Crippen molar-refractivity contribution in [2.75, 3.05) is 53.3 Å². The minimum atomic E-state index is -3.97. The van der Waals surface area contributed by atoms with Gasteiger partial charge in [-0.2, -0.15) is 4.31 Å². The van der Waals surface area contributed by atoms with Crippen molar-refractivity contribution in [3.63, 3.8) is 0 Å². The third-order valence-electron chi connectivity index (χ3n) is 6.70. The summed E-state index contributed by atoms with van der Waals surface area (Å²) in [6.07, 6.45) is 0. The number of carbonyl (C=O) groups is 2. The number of rotatable bonds is 11. The fourth-order valence-electron chi connectivity index (χ4n) is 4.70. The van der Waals surface area contributed by atoms with Gasteiger partial charge in [0, 0.05) is 34.1 Å². The van der Waals surface area contributed by atoms with Crippen molar-refractivity contribution in [1.82, 2.24) is 24.1 Å². The number of methoxy groups -OCH3 is 1. The summed E-state index contributed by atoms with van der Waals surface area (Å²) in [4.78, 5) is 38.9. The zero-order valence-corrected chi connectivity index (χ0v) is 25.6. The number of H-pyrrole nitrogens is 1. The van der Waals surface area contributed by atoms with Crippen LogP contribution < -0.4 is 9.64 Å². The average molecular weight is 573 g/mol. The molecule has 0 saturated heterocycles. The molecule has 0 aliphatic carbocycles. The number of hydrogen-bond donors (Lipinski definition) is 1. The molecular weight excluding hydrogens is 532 g/mol. The zero-order chi connectivity index (χ0) is 29.9. The Labute approximate surface area is 236 Å². The van der Waals surface area contributed by atoms with E-state index in [1.807, 2.05) is 38.1 Å². The second-order valence-corrected chi connectivity index (χ2v) is 12.3. The summed E-state index contributed by atoms with van der Waals surface area (Å²) in [6.45, 7) is 7.58. The van der Waals surface area contributed by atoms with Crippen LogP contribution in [0, 0.1) is 13.8 Å². The number of anilines is 1. The van der Waals surface area contributed by atoms with Crippen LogP contribution in [0.3, 0.4) is 0 Å². The van der Waals surface area contributed by atoms with Crippen molar-refractivity contribution in [3.05, 3.63) is 46.8 Å². The predicted octanol–water partition coefficient (Wildman–Crippen LogP) is 2.90. The van der Waals surface area contributed by atoms with Gasteiger partial charge in [-0.05, 0) is 75.8 Å². The molecule has 11 nitrogen and oxygen atoms in total. The quantitative estimate of drug-likeness (QED) is 0.375. The molecule has 0 aliphatic rings. The van der Waals surface area contributed by atoms with Crippen LogP contribution in [0.2, 0.25) is 0 Å². The van der Waals surface area contributed by atoms with Crippen molar-refractivity contribution in [2.24, 2.45) is 0 Å². The van der Waals surface area contributed by atoms with Crippen molar-refractivity contribution in [2.45, 2.75) is 45.7 Å². The van der Waals surface area contributed by atoms with Crippen LogP contribution in [0.5, 0.6) is 5.75 Å². The number of benzene rings is 2. The first-order chi connectivity index (χ1) is 18.7. The number of likely N-dealkylation sites (N-methyl/N-ethyl adjacent to an activating group) is 2. The number of amides is 2. The maximum Gasteiger partial charge on any atom is 0.243 e. The minimum absolute atomic E-state index is 0.0843. The molecule has 3 aromatic rings. The Kier molecular flexibility index (Phi) is 9.60. The monoisotopic (exact) mass is 572 g/mol. The highest BCUT2D eigenvalue weighted by Gasteiger charge is 2.29. The van der Waals surface area contributed by atoms with Gasteiger partial charge in [0.1, 0.15) is 17.1 Å². The molecule has 0 radical (unpaired) electrons. The number of sulfonamides is 1. The van der Waals surface area contributed by atoms with Gasteiger partial charge in [-0.15, -0.1) is 0 Å². The number of ether oxygens (including phenoxy) is 1. The molecule has 0 aliphatic heterocycles. The van der Waals surface area contributed by atoms with Gasteiger partial charge in [0.25, 0.3) is 0 Å². The van der Waals surface area contributed by atoms with Gasteiger partial charge in [-0.25, -0.2) is 13.4 Å². The Hall–Kier alpha value is -3.48. The summed E-state index contributed by atoms with van der Waals surface area (Å²) in [7, 11) is 4.54. The normalized spacial score (nSPS) is 11.9. The lowest BCUT2D eigenvalue weighted by molar-refractivity contribution is -0.128. The highest BCUT2D eigenvalue weighted by Crippen LogP contribution is 2.30. The number of imidazole rings is 1. The number of nitrogens with one attached hydrogen (secondary N) is 1. The lowest BCUT2D eigenvalue weighted by Crippen LogP contribution is -2.41. The molecule has 1 heterocycles. The highest BCUT2D eigenvalue weighted by atomic mass is 32.2. The number of hydrogen-bond acceptors (Lipinski definition) is 7. The van der Waals surface area contributed by atoms with E-state index in [0.717, 1.165) is 21.2 Å². The van der Waals surface area contributed by atoms with E-state index in [1.165, 1.54) is 21.1 Å². The maximum absolute atomic E-state index is 13.7. The fourth-order valence-corrected chi connectivity index (χ4v) is 6.22. The first kappa shape index (κ1) is 31.1. The third-order valence-corrected chi connectivity index (χ3v) is 8.81. The van der Waals surface area contributed by atoms with E-state index >= 15 is 0 Å². The Morgan fingerprint density at radius 3 is 2.15 bits per heavy atom. The van der Waals surface area contributed by atoms with E-state index in [9.17, 15) is 18.0 Å². The standard InChI is InChI=1S/C28H40N6O5S/c1-10-34(26(36)17-33(8)40(37,38)28-18(2)11-22(39-9)12-19(28)3)24-14-21(15-32(7)20(4)35)13-23-27(24)30-25(29-23)16-31(5)6/h11-14H,10,15-17H2,1-9H3,(H,29,30). The number of aromatic nitrogens is 2. The molecule has 0 unspecified atom stereocenters. The Morgan fingerprint density at radius 1 is 1.00 bits per heavy atom. The van der Waals surface area contributed by atoms with E-state index in [-0.39, 0.29) is 17.3 Å². The number of carbonyl (C=O) groups excluding carboxylic acids is 2. The Morgan fingerprint density at radius 2 is 1.62 bits per heavy atom. The van der Waals surface area contributed by atoms with Crippen LogP contribution in [0.15, 0.2) is 29.2 Å². The smallest absolute Gasteiger partial charge is 0.243 e. The molecule has 1 N–H and O–H groups in total. The average Bonchev–Trinajstić information content (AvgIpc) is 3.25. The van der Waals surface area contributed by atoms with Crippen molar-refractivity contribution in [3.8, 4) is 5.75 Å². The topological polar surface area (TPSA) is 119 Å². The van der Waals surface area contributed by atoms with Crippen LogP contribution in [0.25, 0.3) is 11.0 Å². The van der Waals surface area contributed by atoms with Crippen LogP contribution in [-0.4, -0.2) is 92.7 Å². The molecule has 0 fully saturated rings. The van der Waals surface area contributed by atoms with E-state index < -0.39 is 15.9 Å². The molecule has 2 amide bonds. The SMILES string of the molecule is CCN(C(=O)CN(C)S(=O)(=O)c1c(C)cc(OC)cc1C)c1cc(CN(C)C(C)=O)cc2[nH]c(CN(C)C)nc12. The van der Waals surface area contributed by atoms with Crippen LogP contribution >= 0.6 is 0 Å². The van der Waals surface area contributed by atoms with Gasteiger partial charge in [0.05, 0.1) is 36.3 Å². The van der Waals surface area contributed by atoms with Gasteiger partial charge in [0.15, 0.2) is 0 Å². The summed E-state index contributed by atoms with van der Waals surface area (Å²) >= 11 is 0. The van der Waals surface area contributed by atoms with Crippen LogP contribution in [0.4, 0.5) is 5.69 Å². The number of fused-ring (bicyclic) bond motifs is 1. The van der Waals surface area contributed by atoms with Gasteiger partial charge in [-0.1, -0.05) is 0 Å². The van der Waals surface area contributed by atoms with Crippen molar-refractivity contribution in [1.29, 1.82) is 0 Å². The summed E-state index contributed by atoms with van der Waals surface area (Å²) in [6, 6.07) is 7.10. The van der Waals surface area contributed by atoms with Gasteiger partial charge in [-0.3, -0.25) is 9.59 Å². The molecule has 40 heavy (non-hydrogen) atoms. The molecule has 1 aromatic heterocycles. The molecule has 0 saturated carbocycles. The molecule has 12 heteroatoms. The number of aromatic amines is 1. The Bertz CT molecular complexity index is 1490. The summed E-state index contributed by atoms with van der Waals surface area (Å²) in [5.74, 6) is 0.815. The van der Waals surface area contributed by atoms with E-state index in [1.54, 1.807) is 42.8 Å². The largest absolute Gasteiger partial charge is 0.497 e. The van der Waals surface area contributed by atoms with Crippen molar-refractivity contribution < 1.29 is 22.7 Å². The van der Waals surface area contributed by atoms with E-state index in [4.69, 9.17) is 9.72 Å². The van der Waals surface area contributed by atoms with Crippen molar-refractivity contribution >= 4 is 38.6 Å². The highest BCUT2D eigenvalue weighted by molar-refractivity contribution is 7.89. The molecule has 0 spiro atoms. The zero-order valence-electron chi connectivity index (χ0n) is 24.8. The lowest BCUT2D eigenvalue weighted by Gasteiger charge is -2.26. The number of aryl methyl sites for hydroxylation is 2. The first-order valence-corrected chi connectivity index (χ1v) is 14.4. The number of nitrogens with zero attached hydrogens (tertiary/aromatic N) is 5. The predicted molar refractivity (Wildman–Crippen MR) is 156 cm³/mol. The van der Waals surface area contributed by atoms with E-state index in [2.05, 4.69) is 4.98 Å². The molecule has 0 atom stereocenters. The maximum atomic E-state index is 13.7. The first-order valence-electron chi connectivity index (χ1n) is 13.0. The summed E-state index contributed by atoms with van der Waals surface area (Å²) < 4.78 is 33.5. The summed E-state index contributed by atoms with van der Waals surface area (Å²) in [5, 5.41) is 0. The van der Waals surface area contributed by atoms with Gasteiger partial charge in [0.2, 0.25) is 21.8 Å². The summed E-state index contributed by atoms with van der Waals surface area (Å²) in [5.41, 5.74) is 3.79. The lowest BCUT2D eigenvalue weighted by atomic mass is 10.1. The van der Waals surface area contributed by atoms with Gasteiger partial charge >= 0.3 is 0 Å². The van der Waals surface area contributed by atoms with E-state index in [0.29, 0.717) is 47.7 Å². The molecule has 2 aromatic carbocycles. The second kappa shape index (κ2) is 12.4. The third kappa shape index (κ3) is 6.62. The Balaban J connectivity index is 2.01. The van der Waals surface area contributed by atoms with Crippen LogP contribution in [-0.2, 0) is 32.7 Å². The molecule has 3 rings (SSSR count). The fraction of sp³-hybridized carbons (Fsp3) is 0.464. The van der Waals surface area contributed by atoms with Crippen LogP contribution in [0.1, 0.15) is 36.4 Å². The second-order valence-electron chi connectivity index (χ2n) is 10.3.